The van der Waals surface area contributed by atoms with E-state index in [1.54, 1.807) is 0 Å². The van der Waals surface area contributed by atoms with Crippen LogP contribution in [-0.2, 0) is 9.59 Å². The smallest absolute Gasteiger partial charge is 0.303 e. The normalized spacial score (nSPS) is 11.4. The molecule has 0 aromatic carbocycles. The molecule has 32 heavy (non-hydrogen) atoms. The van der Waals surface area contributed by atoms with Crippen molar-refractivity contribution in [3.05, 3.63) is 12.2 Å². The zero-order valence-corrected chi connectivity index (χ0v) is 21.0. The largest absolute Gasteiger partial charge is 0.481 e. The van der Waals surface area contributed by atoms with Crippen molar-refractivity contribution >= 4 is 11.9 Å². The zero-order valence-electron chi connectivity index (χ0n) is 21.0. The molecule has 0 aliphatic carbocycles. The predicted molar refractivity (Wildman–Crippen MR) is 137 cm³/mol. The first kappa shape index (κ1) is 30.7. The first-order chi connectivity index (χ1) is 15.6. The Kier molecular flexibility index (Phi) is 24.9. The lowest BCUT2D eigenvalue weighted by Crippen LogP contribution is -2.05. The third kappa shape index (κ3) is 28.7. The maximum Gasteiger partial charge on any atom is 0.303 e. The Morgan fingerprint density at radius 2 is 0.781 bits per heavy atom. The number of nitrogens with two attached hydrogens (primary N) is 1. The van der Waals surface area contributed by atoms with Crippen molar-refractivity contribution in [3.63, 3.8) is 0 Å². The molecule has 0 atom stereocenters. The third-order valence-corrected chi connectivity index (χ3v) is 6.29. The van der Waals surface area contributed by atoms with Crippen molar-refractivity contribution in [2.75, 3.05) is 0 Å². The molecule has 0 fully saturated rings. The SMILES string of the molecule is NC(=O)C=CCCCCCCCCCCCCCCCCCCCCCCCCC(=O)O. The predicted octanol–water partition coefficient (Wildman–Crippen LogP) is 8.47. The van der Waals surface area contributed by atoms with Gasteiger partial charge in [0.1, 0.15) is 0 Å². The average Bonchev–Trinajstić information content (AvgIpc) is 2.75. The van der Waals surface area contributed by atoms with Crippen LogP contribution in [0.2, 0.25) is 0 Å². The topological polar surface area (TPSA) is 80.4 Å². The summed E-state index contributed by atoms with van der Waals surface area (Å²) in [6.07, 6.45) is 33.7. The van der Waals surface area contributed by atoms with Gasteiger partial charge in [0.25, 0.3) is 0 Å². The van der Waals surface area contributed by atoms with Crippen LogP contribution in [0, 0.1) is 0 Å². The highest BCUT2D eigenvalue weighted by molar-refractivity contribution is 5.85. The first-order valence-corrected chi connectivity index (χ1v) is 13.8. The van der Waals surface area contributed by atoms with Gasteiger partial charge in [0, 0.05) is 6.42 Å². The number of rotatable bonds is 26. The van der Waals surface area contributed by atoms with Gasteiger partial charge >= 0.3 is 5.97 Å². The van der Waals surface area contributed by atoms with Crippen LogP contribution >= 0.6 is 0 Å². The number of allylic oxidation sites excluding steroid dienone is 1. The highest BCUT2D eigenvalue weighted by Crippen LogP contribution is 2.15. The summed E-state index contributed by atoms with van der Waals surface area (Å²) in [7, 11) is 0. The van der Waals surface area contributed by atoms with E-state index in [2.05, 4.69) is 0 Å². The Labute approximate surface area is 198 Å². The average molecular weight is 452 g/mol. The highest BCUT2D eigenvalue weighted by atomic mass is 16.4. The third-order valence-electron chi connectivity index (χ3n) is 6.29. The molecular weight excluding hydrogens is 398 g/mol. The Hall–Kier alpha value is -1.32. The van der Waals surface area contributed by atoms with Gasteiger partial charge in [-0.15, -0.1) is 0 Å². The van der Waals surface area contributed by atoms with E-state index >= 15 is 0 Å². The van der Waals surface area contributed by atoms with Crippen molar-refractivity contribution in [3.8, 4) is 0 Å². The van der Waals surface area contributed by atoms with E-state index in [1.807, 2.05) is 6.08 Å². The molecule has 0 spiro atoms. The summed E-state index contributed by atoms with van der Waals surface area (Å²) in [4.78, 5) is 21.0. The molecule has 3 N–H and O–H groups in total. The number of carboxylic acid groups (broad SMARTS) is 1. The molecule has 188 valence electrons. The summed E-state index contributed by atoms with van der Waals surface area (Å²) in [6, 6.07) is 0. The molecule has 0 aliphatic heterocycles. The number of unbranched alkanes of at least 4 members (excludes halogenated alkanes) is 22. The molecule has 0 saturated heterocycles. The van der Waals surface area contributed by atoms with Gasteiger partial charge < -0.3 is 10.8 Å². The Balaban J connectivity index is 3.05. The van der Waals surface area contributed by atoms with Crippen LogP contribution in [0.15, 0.2) is 12.2 Å². The molecule has 4 nitrogen and oxygen atoms in total. The molecule has 0 aromatic heterocycles. The fraction of sp³-hybridized carbons (Fsp3) is 0.857. The minimum atomic E-state index is -0.659. The van der Waals surface area contributed by atoms with Gasteiger partial charge in [-0.3, -0.25) is 9.59 Å². The number of hydrogen-bond donors (Lipinski definition) is 2. The van der Waals surface area contributed by atoms with Gasteiger partial charge in [-0.05, 0) is 25.3 Å². The van der Waals surface area contributed by atoms with Gasteiger partial charge in [-0.2, -0.15) is 0 Å². The van der Waals surface area contributed by atoms with Gasteiger partial charge in [0.2, 0.25) is 5.91 Å². The molecule has 0 radical (unpaired) electrons. The number of primary amides is 1. The van der Waals surface area contributed by atoms with E-state index in [0.717, 1.165) is 19.3 Å². The van der Waals surface area contributed by atoms with E-state index in [1.165, 1.54) is 134 Å². The maximum absolute atomic E-state index is 10.6. The van der Waals surface area contributed by atoms with Crippen molar-refractivity contribution in [2.45, 2.75) is 154 Å². The van der Waals surface area contributed by atoms with Crippen molar-refractivity contribution in [1.29, 1.82) is 0 Å². The second kappa shape index (κ2) is 25.9. The van der Waals surface area contributed by atoms with Crippen molar-refractivity contribution < 1.29 is 14.7 Å². The van der Waals surface area contributed by atoms with E-state index in [4.69, 9.17) is 10.8 Å². The van der Waals surface area contributed by atoms with Gasteiger partial charge in [0.15, 0.2) is 0 Å². The Morgan fingerprint density at radius 3 is 1.06 bits per heavy atom. The van der Waals surface area contributed by atoms with Crippen LogP contribution in [0.25, 0.3) is 0 Å². The zero-order chi connectivity index (χ0) is 23.5. The summed E-state index contributed by atoms with van der Waals surface area (Å²) >= 11 is 0. The summed E-state index contributed by atoms with van der Waals surface area (Å²) in [5.74, 6) is -1.000. The molecule has 0 heterocycles. The lowest BCUT2D eigenvalue weighted by Gasteiger charge is -2.04. The highest BCUT2D eigenvalue weighted by Gasteiger charge is 1.97. The molecule has 0 aromatic rings. The molecule has 0 unspecified atom stereocenters. The fourth-order valence-electron chi connectivity index (χ4n) is 4.27. The summed E-state index contributed by atoms with van der Waals surface area (Å²) < 4.78 is 0. The quantitative estimate of drug-likeness (QED) is 0.102. The van der Waals surface area contributed by atoms with Crippen LogP contribution in [0.4, 0.5) is 0 Å². The van der Waals surface area contributed by atoms with Crippen LogP contribution in [0.1, 0.15) is 154 Å². The Bertz CT molecular complexity index is 448. The van der Waals surface area contributed by atoms with Crippen LogP contribution < -0.4 is 5.73 Å². The maximum atomic E-state index is 10.6. The van der Waals surface area contributed by atoms with Crippen LogP contribution in [-0.4, -0.2) is 17.0 Å². The van der Waals surface area contributed by atoms with E-state index in [0.29, 0.717) is 6.42 Å². The summed E-state index contributed by atoms with van der Waals surface area (Å²) in [5.41, 5.74) is 5.06. The first-order valence-electron chi connectivity index (χ1n) is 13.8. The number of carbonyl (C=O) groups is 2. The number of aliphatic carboxylic acids is 1. The van der Waals surface area contributed by atoms with Gasteiger partial charge in [-0.25, -0.2) is 0 Å². The summed E-state index contributed by atoms with van der Waals surface area (Å²) in [6.45, 7) is 0. The van der Waals surface area contributed by atoms with E-state index < -0.39 is 5.97 Å². The van der Waals surface area contributed by atoms with E-state index in [-0.39, 0.29) is 5.91 Å². The standard InChI is InChI=1S/C28H53NO3/c29-27(30)25-23-21-19-17-15-13-11-9-7-5-3-1-2-4-6-8-10-12-14-16-18-20-22-24-26-28(31)32/h23,25H,1-22,24,26H2,(H2,29,30)(H,31,32). The van der Waals surface area contributed by atoms with E-state index in [9.17, 15) is 9.59 Å². The van der Waals surface area contributed by atoms with Crippen molar-refractivity contribution in [2.24, 2.45) is 5.73 Å². The second-order valence-electron chi connectivity index (χ2n) is 9.52. The monoisotopic (exact) mass is 451 g/mol. The molecule has 0 bridgehead atoms. The van der Waals surface area contributed by atoms with Crippen LogP contribution in [0.3, 0.4) is 0 Å². The number of hydrogen-bond acceptors (Lipinski definition) is 2. The number of carboxylic acids is 1. The Morgan fingerprint density at radius 1 is 0.500 bits per heavy atom. The number of amides is 1. The molecule has 1 amide bonds. The lowest BCUT2D eigenvalue weighted by atomic mass is 10.0. The van der Waals surface area contributed by atoms with Crippen molar-refractivity contribution in [1.82, 2.24) is 0 Å². The molecule has 0 saturated carbocycles. The van der Waals surface area contributed by atoms with Gasteiger partial charge in [-0.1, -0.05) is 134 Å². The molecule has 4 heteroatoms. The fourth-order valence-corrected chi connectivity index (χ4v) is 4.27. The lowest BCUT2D eigenvalue weighted by molar-refractivity contribution is -0.137. The molecular formula is C28H53NO3. The minimum Gasteiger partial charge on any atom is -0.481 e. The van der Waals surface area contributed by atoms with Crippen LogP contribution in [0.5, 0.6) is 0 Å². The van der Waals surface area contributed by atoms with Gasteiger partial charge in [0.05, 0.1) is 0 Å². The number of carbonyl (C=O) groups excluding carboxylic acids is 1. The molecule has 0 aliphatic rings. The molecule has 0 rings (SSSR count). The second-order valence-corrected chi connectivity index (χ2v) is 9.52. The summed E-state index contributed by atoms with van der Waals surface area (Å²) in [5, 5.41) is 8.60. The minimum absolute atomic E-state index is 0.335.